The molecule has 0 N–H and O–H groups in total. The van der Waals surface area contributed by atoms with E-state index in [4.69, 9.17) is 8.85 Å². The van der Waals surface area contributed by atoms with E-state index in [1.807, 2.05) is 0 Å². The van der Waals surface area contributed by atoms with Crippen molar-refractivity contribution in [3.05, 3.63) is 0 Å². The SMILES string of the molecule is CCO[Si](CC)(CCCC1CN(CC)CN(CC)C1)OCC. The van der Waals surface area contributed by atoms with E-state index in [2.05, 4.69) is 44.4 Å². The summed E-state index contributed by atoms with van der Waals surface area (Å²) in [5, 5.41) is 0. The Morgan fingerprint density at radius 1 is 0.909 bits per heavy atom. The second-order valence-corrected chi connectivity index (χ2v) is 9.98. The molecule has 5 heteroatoms. The quantitative estimate of drug-likeness (QED) is 0.541. The summed E-state index contributed by atoms with van der Waals surface area (Å²) in [7, 11) is -1.93. The van der Waals surface area contributed by atoms with Crippen LogP contribution in [0.15, 0.2) is 0 Å². The van der Waals surface area contributed by atoms with Gasteiger partial charge in [0.05, 0.1) is 6.67 Å². The fourth-order valence-corrected chi connectivity index (χ4v) is 6.51. The van der Waals surface area contributed by atoms with Crippen LogP contribution in [0.5, 0.6) is 0 Å². The van der Waals surface area contributed by atoms with Gasteiger partial charge in [-0.25, -0.2) is 0 Å². The van der Waals surface area contributed by atoms with Crippen LogP contribution in [0.25, 0.3) is 0 Å². The van der Waals surface area contributed by atoms with Crippen LogP contribution < -0.4 is 0 Å². The molecular weight excluding hydrogens is 292 g/mol. The summed E-state index contributed by atoms with van der Waals surface area (Å²) >= 11 is 0. The third kappa shape index (κ3) is 6.28. The first-order valence-electron chi connectivity index (χ1n) is 9.35. The molecule has 0 aromatic carbocycles. The normalized spacial score (nSPS) is 19.0. The zero-order chi connectivity index (χ0) is 16.4. The van der Waals surface area contributed by atoms with Crippen LogP contribution in [-0.2, 0) is 8.85 Å². The molecule has 0 radical (unpaired) electrons. The van der Waals surface area contributed by atoms with Gasteiger partial charge in [0.15, 0.2) is 0 Å². The molecule has 22 heavy (non-hydrogen) atoms. The molecule has 1 aliphatic rings. The van der Waals surface area contributed by atoms with Crippen LogP contribution in [0, 0.1) is 5.92 Å². The molecule has 1 aliphatic heterocycles. The zero-order valence-electron chi connectivity index (χ0n) is 15.6. The monoisotopic (exact) mass is 330 g/mol. The van der Waals surface area contributed by atoms with Gasteiger partial charge < -0.3 is 8.85 Å². The van der Waals surface area contributed by atoms with E-state index in [1.165, 1.54) is 39.0 Å². The molecule has 0 bridgehead atoms. The summed E-state index contributed by atoms with van der Waals surface area (Å²) in [6.45, 7) is 18.5. The van der Waals surface area contributed by atoms with E-state index in [9.17, 15) is 0 Å². The van der Waals surface area contributed by atoms with Gasteiger partial charge >= 0.3 is 8.56 Å². The Morgan fingerprint density at radius 2 is 1.45 bits per heavy atom. The molecule has 1 fully saturated rings. The van der Waals surface area contributed by atoms with Crippen molar-refractivity contribution in [3.63, 3.8) is 0 Å². The number of hydrogen-bond donors (Lipinski definition) is 0. The van der Waals surface area contributed by atoms with Gasteiger partial charge in [0.2, 0.25) is 0 Å². The van der Waals surface area contributed by atoms with E-state index in [0.29, 0.717) is 0 Å². The van der Waals surface area contributed by atoms with Crippen LogP contribution in [0.1, 0.15) is 47.5 Å². The average molecular weight is 331 g/mol. The van der Waals surface area contributed by atoms with Crippen molar-refractivity contribution in [1.82, 2.24) is 9.80 Å². The third-order valence-electron chi connectivity index (χ3n) is 4.85. The summed E-state index contributed by atoms with van der Waals surface area (Å²) in [6.07, 6.45) is 2.56. The van der Waals surface area contributed by atoms with Crippen LogP contribution >= 0.6 is 0 Å². The molecule has 0 aromatic heterocycles. The first-order chi connectivity index (χ1) is 10.6. The smallest absolute Gasteiger partial charge is 0.337 e. The molecule has 0 aliphatic carbocycles. The summed E-state index contributed by atoms with van der Waals surface area (Å²) in [4.78, 5) is 5.15. The molecule has 1 rings (SSSR count). The lowest BCUT2D eigenvalue weighted by Gasteiger charge is -2.39. The fraction of sp³-hybridized carbons (Fsp3) is 1.00. The minimum absolute atomic E-state index is 0.788. The van der Waals surface area contributed by atoms with Crippen LogP contribution in [-0.4, -0.2) is 64.4 Å². The Bertz CT molecular complexity index is 274. The zero-order valence-corrected chi connectivity index (χ0v) is 16.6. The third-order valence-corrected chi connectivity index (χ3v) is 8.67. The molecular formula is C17H38N2O2Si. The molecule has 0 unspecified atom stereocenters. The molecule has 4 nitrogen and oxygen atoms in total. The minimum Gasteiger partial charge on any atom is -0.394 e. The van der Waals surface area contributed by atoms with Gasteiger partial charge in [-0.1, -0.05) is 27.2 Å². The number of rotatable bonds is 11. The van der Waals surface area contributed by atoms with Crippen LogP contribution in [0.2, 0.25) is 12.1 Å². The Kier molecular flexibility index (Phi) is 9.83. The summed E-state index contributed by atoms with van der Waals surface area (Å²) in [6, 6.07) is 2.22. The highest BCUT2D eigenvalue weighted by molar-refractivity contribution is 6.67. The lowest BCUT2D eigenvalue weighted by atomic mass is 10.0. The second-order valence-electron chi connectivity index (χ2n) is 6.37. The highest BCUT2D eigenvalue weighted by Crippen LogP contribution is 2.25. The summed E-state index contributed by atoms with van der Waals surface area (Å²) < 4.78 is 12.2. The second kappa shape index (κ2) is 10.8. The molecule has 0 saturated carbocycles. The van der Waals surface area contributed by atoms with Gasteiger partial charge in [0.1, 0.15) is 0 Å². The summed E-state index contributed by atoms with van der Waals surface area (Å²) in [5.74, 6) is 0.806. The van der Waals surface area contributed by atoms with Crippen molar-refractivity contribution in [2.75, 3.05) is 46.1 Å². The Labute approximate surface area is 139 Å². The van der Waals surface area contributed by atoms with E-state index in [1.54, 1.807) is 0 Å². The standard InChI is InChI=1S/C17H38N2O2Si/c1-6-18-14-17(15-19(7-2)16-18)12-11-13-22(10-5,20-8-3)21-9-4/h17H,6-16H2,1-5H3. The molecule has 1 heterocycles. The predicted molar refractivity (Wildman–Crippen MR) is 96.4 cm³/mol. The first-order valence-corrected chi connectivity index (χ1v) is 11.6. The van der Waals surface area contributed by atoms with E-state index < -0.39 is 8.56 Å². The van der Waals surface area contributed by atoms with Gasteiger partial charge in [-0.2, -0.15) is 0 Å². The van der Waals surface area contributed by atoms with Gasteiger partial charge in [-0.05, 0) is 51.4 Å². The lowest BCUT2D eigenvalue weighted by molar-refractivity contribution is 0.0518. The molecule has 132 valence electrons. The Hall–Kier alpha value is 0.0569. The first kappa shape index (κ1) is 20.1. The van der Waals surface area contributed by atoms with Crippen molar-refractivity contribution >= 4 is 8.56 Å². The van der Waals surface area contributed by atoms with Gasteiger partial charge in [0.25, 0.3) is 0 Å². The highest BCUT2D eigenvalue weighted by atomic mass is 28.4. The van der Waals surface area contributed by atoms with Crippen LogP contribution in [0.4, 0.5) is 0 Å². The highest BCUT2D eigenvalue weighted by Gasteiger charge is 2.35. The maximum atomic E-state index is 6.09. The van der Waals surface area contributed by atoms with Crippen molar-refractivity contribution in [3.8, 4) is 0 Å². The van der Waals surface area contributed by atoms with Gasteiger partial charge in [-0.15, -0.1) is 0 Å². The predicted octanol–water partition coefficient (Wildman–Crippen LogP) is 3.53. The topological polar surface area (TPSA) is 24.9 Å². The van der Waals surface area contributed by atoms with E-state index in [-0.39, 0.29) is 0 Å². The van der Waals surface area contributed by atoms with E-state index >= 15 is 0 Å². The molecule has 0 spiro atoms. The summed E-state index contributed by atoms with van der Waals surface area (Å²) in [5.41, 5.74) is 0. The molecule has 1 saturated heterocycles. The fourth-order valence-electron chi connectivity index (χ4n) is 3.58. The number of nitrogens with zero attached hydrogens (tertiary/aromatic N) is 2. The van der Waals surface area contributed by atoms with Crippen molar-refractivity contribution in [2.24, 2.45) is 5.92 Å². The Balaban J connectivity index is 2.45. The van der Waals surface area contributed by atoms with Crippen molar-refractivity contribution < 1.29 is 8.85 Å². The number of hydrogen-bond acceptors (Lipinski definition) is 4. The van der Waals surface area contributed by atoms with Gasteiger partial charge in [0, 0.05) is 26.3 Å². The molecule has 0 amide bonds. The molecule has 0 aromatic rings. The molecule has 0 atom stereocenters. The maximum absolute atomic E-state index is 6.09. The largest absolute Gasteiger partial charge is 0.394 e. The minimum atomic E-state index is -1.93. The lowest BCUT2D eigenvalue weighted by Crippen LogP contribution is -2.49. The Morgan fingerprint density at radius 3 is 1.86 bits per heavy atom. The van der Waals surface area contributed by atoms with Crippen molar-refractivity contribution in [1.29, 1.82) is 0 Å². The van der Waals surface area contributed by atoms with Gasteiger partial charge in [-0.3, -0.25) is 9.80 Å². The van der Waals surface area contributed by atoms with Crippen LogP contribution in [0.3, 0.4) is 0 Å². The average Bonchev–Trinajstić information content (AvgIpc) is 2.54. The van der Waals surface area contributed by atoms with Crippen molar-refractivity contribution in [2.45, 2.75) is 59.5 Å². The van der Waals surface area contributed by atoms with E-state index in [0.717, 1.165) is 37.9 Å². The maximum Gasteiger partial charge on any atom is 0.337 e.